The average molecular weight is 462 g/mol. The number of halogens is 1. The maximum Gasteiger partial charge on any atom is 0.253 e. The number of carbonyl (C=O) groups is 1. The predicted octanol–water partition coefficient (Wildman–Crippen LogP) is 0.726. The minimum atomic E-state index is -3.76. The molecule has 29 heavy (non-hydrogen) atoms. The van der Waals surface area contributed by atoms with E-state index in [0.29, 0.717) is 32.6 Å². The van der Waals surface area contributed by atoms with E-state index in [1.54, 1.807) is 4.90 Å². The molecule has 1 atom stereocenters. The van der Waals surface area contributed by atoms with Gasteiger partial charge in [-0.05, 0) is 37.5 Å². The van der Waals surface area contributed by atoms with E-state index in [2.05, 4.69) is 9.62 Å². The molecule has 1 unspecified atom stereocenters. The van der Waals surface area contributed by atoms with Gasteiger partial charge in [0.15, 0.2) is 9.84 Å². The minimum Gasteiger partial charge on any atom is -0.336 e. The number of benzene rings is 1. The van der Waals surface area contributed by atoms with Crippen LogP contribution in [0.5, 0.6) is 0 Å². The lowest BCUT2D eigenvalue weighted by Gasteiger charge is -2.37. The average Bonchev–Trinajstić information content (AvgIpc) is 3.40. The molecule has 0 spiro atoms. The molecule has 1 N–H and O–H groups in total. The zero-order valence-electron chi connectivity index (χ0n) is 15.9. The summed E-state index contributed by atoms with van der Waals surface area (Å²) in [6.45, 7) is 2.16. The summed E-state index contributed by atoms with van der Waals surface area (Å²) in [5, 5.41) is 0.0852. The molecule has 0 aromatic heterocycles. The van der Waals surface area contributed by atoms with Gasteiger partial charge in [0.2, 0.25) is 10.0 Å². The number of nitrogens with zero attached hydrogens (tertiary/aromatic N) is 2. The molecule has 160 valence electrons. The molecule has 4 rings (SSSR count). The van der Waals surface area contributed by atoms with Gasteiger partial charge in [-0.25, -0.2) is 21.6 Å². The summed E-state index contributed by atoms with van der Waals surface area (Å²) in [6, 6.07) is 4.29. The third kappa shape index (κ3) is 4.77. The molecule has 1 saturated carbocycles. The quantitative estimate of drug-likeness (QED) is 0.693. The van der Waals surface area contributed by atoms with Crippen molar-refractivity contribution in [2.75, 3.05) is 37.7 Å². The third-order valence-corrected chi connectivity index (χ3v) is 9.45. The highest BCUT2D eigenvalue weighted by Gasteiger charge is 2.35. The maximum absolute atomic E-state index is 12.9. The number of rotatable bonds is 5. The molecule has 0 bridgehead atoms. The molecule has 1 amide bonds. The van der Waals surface area contributed by atoms with E-state index in [1.807, 2.05) is 0 Å². The van der Waals surface area contributed by atoms with Crippen LogP contribution in [0.15, 0.2) is 23.1 Å². The minimum absolute atomic E-state index is 0.0260. The van der Waals surface area contributed by atoms with E-state index in [9.17, 15) is 21.6 Å². The van der Waals surface area contributed by atoms with Gasteiger partial charge >= 0.3 is 0 Å². The maximum atomic E-state index is 12.9. The van der Waals surface area contributed by atoms with Gasteiger partial charge in [-0.1, -0.05) is 11.6 Å². The van der Waals surface area contributed by atoms with E-state index in [1.165, 1.54) is 18.2 Å². The second kappa shape index (κ2) is 7.81. The van der Waals surface area contributed by atoms with E-state index < -0.39 is 19.9 Å². The summed E-state index contributed by atoms with van der Waals surface area (Å²) < 4.78 is 51.0. The molecule has 11 heteroatoms. The number of piperazine rings is 1. The zero-order valence-corrected chi connectivity index (χ0v) is 18.3. The van der Waals surface area contributed by atoms with Crippen LogP contribution in [0.3, 0.4) is 0 Å². The first-order valence-electron chi connectivity index (χ1n) is 9.70. The van der Waals surface area contributed by atoms with Crippen LogP contribution >= 0.6 is 11.6 Å². The lowest BCUT2D eigenvalue weighted by molar-refractivity contribution is 0.0587. The molecule has 0 radical (unpaired) electrons. The topological polar surface area (TPSA) is 104 Å². The standard InChI is InChI=1S/C18H24ClN3O5S2/c19-16-4-1-13(11-17(16)29(26,27)20-14-2-3-14)18(23)22-8-6-21(7-9-22)15-5-10-28(24,25)12-15/h1,4,11,14-15,20H,2-3,5-10,12H2. The molecule has 1 aromatic carbocycles. The third-order valence-electron chi connectivity index (χ3n) is 5.69. The molecular weight excluding hydrogens is 438 g/mol. The van der Waals surface area contributed by atoms with Crippen molar-refractivity contribution in [1.82, 2.24) is 14.5 Å². The van der Waals surface area contributed by atoms with Crippen LogP contribution in [-0.4, -0.2) is 82.3 Å². The zero-order chi connectivity index (χ0) is 20.8. The second-order valence-corrected chi connectivity index (χ2v) is 12.2. The van der Waals surface area contributed by atoms with E-state index in [4.69, 9.17) is 11.6 Å². The number of hydrogen-bond acceptors (Lipinski definition) is 6. The van der Waals surface area contributed by atoms with Crippen molar-refractivity contribution in [3.05, 3.63) is 28.8 Å². The SMILES string of the molecule is O=C(c1ccc(Cl)c(S(=O)(=O)NC2CC2)c1)N1CCN(C2CCS(=O)(=O)C2)CC1. The Morgan fingerprint density at radius 1 is 1.10 bits per heavy atom. The van der Waals surface area contributed by atoms with Crippen molar-refractivity contribution in [3.63, 3.8) is 0 Å². The molecule has 2 heterocycles. The van der Waals surface area contributed by atoms with Gasteiger partial charge in [0.05, 0.1) is 16.5 Å². The molecule has 3 aliphatic rings. The Morgan fingerprint density at radius 3 is 2.38 bits per heavy atom. The fourth-order valence-electron chi connectivity index (χ4n) is 3.86. The molecular formula is C18H24ClN3O5S2. The normalized spacial score (nSPS) is 25.3. The lowest BCUT2D eigenvalue weighted by atomic mass is 10.1. The Labute approximate surface area is 176 Å². The number of sulfonamides is 1. The summed E-state index contributed by atoms with van der Waals surface area (Å²) in [7, 11) is -6.71. The fourth-order valence-corrected chi connectivity index (χ4v) is 7.45. The van der Waals surface area contributed by atoms with Crippen molar-refractivity contribution in [3.8, 4) is 0 Å². The van der Waals surface area contributed by atoms with Gasteiger partial charge in [-0.2, -0.15) is 0 Å². The van der Waals surface area contributed by atoms with Crippen LogP contribution < -0.4 is 4.72 Å². The number of hydrogen-bond donors (Lipinski definition) is 1. The number of nitrogens with one attached hydrogen (secondary N) is 1. The summed E-state index contributed by atoms with van der Waals surface area (Å²) in [5.74, 6) is 0.171. The Bertz CT molecular complexity index is 1020. The van der Waals surface area contributed by atoms with Gasteiger partial charge in [-0.3, -0.25) is 9.69 Å². The van der Waals surface area contributed by atoms with Crippen molar-refractivity contribution in [2.45, 2.75) is 36.2 Å². The lowest BCUT2D eigenvalue weighted by Crippen LogP contribution is -2.52. The second-order valence-electron chi connectivity index (χ2n) is 7.93. The fraction of sp³-hybridized carbons (Fsp3) is 0.611. The number of carbonyl (C=O) groups excluding carboxylic acids is 1. The summed E-state index contributed by atoms with van der Waals surface area (Å²) >= 11 is 6.09. The van der Waals surface area contributed by atoms with Gasteiger partial charge in [-0.15, -0.1) is 0 Å². The van der Waals surface area contributed by atoms with Gasteiger partial charge < -0.3 is 4.90 Å². The van der Waals surface area contributed by atoms with Crippen LogP contribution in [0.1, 0.15) is 29.6 Å². The Kier molecular flexibility index (Phi) is 5.67. The first kappa shape index (κ1) is 21.0. The Morgan fingerprint density at radius 2 is 1.79 bits per heavy atom. The van der Waals surface area contributed by atoms with Crippen LogP contribution in [-0.2, 0) is 19.9 Å². The Balaban J connectivity index is 1.43. The number of sulfone groups is 1. The summed E-state index contributed by atoms with van der Waals surface area (Å²) in [4.78, 5) is 16.6. The summed E-state index contributed by atoms with van der Waals surface area (Å²) in [5.41, 5.74) is 0.280. The first-order chi connectivity index (χ1) is 13.6. The molecule has 3 fully saturated rings. The predicted molar refractivity (Wildman–Crippen MR) is 109 cm³/mol. The highest BCUT2D eigenvalue weighted by Crippen LogP contribution is 2.27. The smallest absolute Gasteiger partial charge is 0.253 e. The molecule has 1 aliphatic carbocycles. The molecule has 2 aliphatic heterocycles. The van der Waals surface area contributed by atoms with Crippen LogP contribution in [0, 0.1) is 0 Å². The van der Waals surface area contributed by atoms with Gasteiger partial charge in [0.25, 0.3) is 5.91 Å². The molecule has 8 nitrogen and oxygen atoms in total. The van der Waals surface area contributed by atoms with Gasteiger partial charge in [0, 0.05) is 43.8 Å². The van der Waals surface area contributed by atoms with E-state index in [0.717, 1.165) is 12.8 Å². The van der Waals surface area contributed by atoms with Crippen LogP contribution in [0.4, 0.5) is 0 Å². The highest BCUT2D eigenvalue weighted by atomic mass is 35.5. The van der Waals surface area contributed by atoms with Crippen LogP contribution in [0.2, 0.25) is 5.02 Å². The van der Waals surface area contributed by atoms with Crippen molar-refractivity contribution in [1.29, 1.82) is 0 Å². The van der Waals surface area contributed by atoms with E-state index in [-0.39, 0.29) is 45.0 Å². The Hall–Kier alpha value is -1.20. The van der Waals surface area contributed by atoms with E-state index >= 15 is 0 Å². The van der Waals surface area contributed by atoms with Crippen LogP contribution in [0.25, 0.3) is 0 Å². The molecule has 2 saturated heterocycles. The van der Waals surface area contributed by atoms with Crippen molar-refractivity contribution >= 4 is 37.4 Å². The van der Waals surface area contributed by atoms with Crippen molar-refractivity contribution in [2.24, 2.45) is 0 Å². The largest absolute Gasteiger partial charge is 0.336 e. The first-order valence-corrected chi connectivity index (χ1v) is 13.4. The number of amides is 1. The highest BCUT2D eigenvalue weighted by molar-refractivity contribution is 7.91. The monoisotopic (exact) mass is 461 g/mol. The van der Waals surface area contributed by atoms with Gasteiger partial charge in [0.1, 0.15) is 4.90 Å². The molecule has 1 aromatic rings. The van der Waals surface area contributed by atoms with Crippen molar-refractivity contribution < 1.29 is 21.6 Å². The summed E-state index contributed by atoms with van der Waals surface area (Å²) in [6.07, 6.45) is 2.26.